The van der Waals surface area contributed by atoms with Crippen LogP contribution in [0.4, 0.5) is 10.1 Å². The summed E-state index contributed by atoms with van der Waals surface area (Å²) in [5, 5.41) is 12.0. The Hall–Kier alpha value is -2.69. The van der Waals surface area contributed by atoms with Crippen molar-refractivity contribution in [3.8, 4) is 10.7 Å². The highest BCUT2D eigenvalue weighted by atomic mass is 32.1. The number of hydrogen-bond acceptors (Lipinski definition) is 7. The van der Waals surface area contributed by atoms with E-state index in [2.05, 4.69) is 25.5 Å². The Bertz CT molecular complexity index is 994. The van der Waals surface area contributed by atoms with E-state index in [0.29, 0.717) is 29.2 Å². The Balaban J connectivity index is 1.49. The van der Waals surface area contributed by atoms with Gasteiger partial charge in [0.2, 0.25) is 0 Å². The van der Waals surface area contributed by atoms with E-state index < -0.39 is 18.3 Å². The van der Waals surface area contributed by atoms with Crippen LogP contribution < -0.4 is 11.1 Å². The minimum Gasteiger partial charge on any atom is -0.369 e. The van der Waals surface area contributed by atoms with Gasteiger partial charge in [0, 0.05) is 17.6 Å². The van der Waals surface area contributed by atoms with Gasteiger partial charge in [0.25, 0.3) is 5.91 Å². The molecule has 4 N–H and O–H groups in total. The summed E-state index contributed by atoms with van der Waals surface area (Å²) < 4.78 is 19.4. The van der Waals surface area contributed by atoms with Crippen LogP contribution in [0.25, 0.3) is 10.7 Å². The number of H-pyrrole nitrogens is 1. The normalized spacial score (nSPS) is 22.2. The average molecular weight is 416 g/mol. The molecule has 10 heteroatoms. The SMILES string of the molecule is Cc1cccnc1-c1nc(C(=O)Nc2cn[nH]c2[C@@H]2CC[C@@H](N)[C@H](F)CO2)cs1. The first kappa shape index (κ1) is 19.6. The van der Waals surface area contributed by atoms with Crippen molar-refractivity contribution in [1.82, 2.24) is 20.2 Å². The zero-order valence-corrected chi connectivity index (χ0v) is 16.6. The van der Waals surface area contributed by atoms with E-state index >= 15 is 0 Å². The Morgan fingerprint density at radius 1 is 1.45 bits per heavy atom. The number of nitrogens with one attached hydrogen (secondary N) is 2. The van der Waals surface area contributed by atoms with E-state index in [4.69, 9.17) is 10.5 Å². The molecule has 29 heavy (non-hydrogen) atoms. The molecule has 1 aliphatic rings. The van der Waals surface area contributed by atoms with Crippen molar-refractivity contribution >= 4 is 22.9 Å². The number of carbonyl (C=O) groups excluding carboxylic acids is 1. The summed E-state index contributed by atoms with van der Waals surface area (Å²) in [7, 11) is 0. The Kier molecular flexibility index (Phi) is 5.65. The number of aromatic amines is 1. The molecule has 0 radical (unpaired) electrons. The number of nitrogens with zero attached hydrogens (tertiary/aromatic N) is 3. The number of anilines is 1. The van der Waals surface area contributed by atoms with Gasteiger partial charge in [0.05, 0.1) is 24.2 Å². The molecule has 4 heterocycles. The Morgan fingerprint density at radius 3 is 3.14 bits per heavy atom. The standard InChI is InChI=1S/C19H21FN6O2S/c1-10-3-2-6-22-16(10)19-25-14(9-29-19)18(27)24-13-7-23-26-17(13)15-5-4-12(21)11(20)8-28-15/h2-3,6-7,9,11-12,15H,4-5,8,21H2,1H3,(H,23,26)(H,24,27)/t11-,12-,15+/m1/s1. The van der Waals surface area contributed by atoms with Gasteiger partial charge in [0.15, 0.2) is 0 Å². The fourth-order valence-corrected chi connectivity index (χ4v) is 4.05. The summed E-state index contributed by atoms with van der Waals surface area (Å²) in [6.07, 6.45) is 2.60. The molecule has 4 rings (SSSR count). The smallest absolute Gasteiger partial charge is 0.275 e. The number of ether oxygens (including phenoxy) is 1. The molecule has 3 atom stereocenters. The minimum absolute atomic E-state index is 0.0862. The number of rotatable bonds is 4. The summed E-state index contributed by atoms with van der Waals surface area (Å²) in [4.78, 5) is 21.5. The van der Waals surface area contributed by atoms with E-state index in [0.717, 1.165) is 11.3 Å². The van der Waals surface area contributed by atoms with Crippen molar-refractivity contribution in [3.05, 3.63) is 46.9 Å². The second kappa shape index (κ2) is 8.36. The largest absolute Gasteiger partial charge is 0.369 e. The number of pyridine rings is 1. The zero-order valence-electron chi connectivity index (χ0n) is 15.8. The lowest BCUT2D eigenvalue weighted by Crippen LogP contribution is -2.32. The monoisotopic (exact) mass is 416 g/mol. The third-order valence-corrected chi connectivity index (χ3v) is 5.72. The summed E-state index contributed by atoms with van der Waals surface area (Å²) in [5.74, 6) is -0.363. The highest BCUT2D eigenvalue weighted by molar-refractivity contribution is 7.13. The fraction of sp³-hybridized carbons (Fsp3) is 0.368. The van der Waals surface area contributed by atoms with E-state index in [1.54, 1.807) is 11.6 Å². The van der Waals surface area contributed by atoms with Gasteiger partial charge in [-0.25, -0.2) is 9.37 Å². The van der Waals surface area contributed by atoms with Crippen LogP contribution >= 0.6 is 11.3 Å². The van der Waals surface area contributed by atoms with Crippen molar-refractivity contribution in [3.63, 3.8) is 0 Å². The van der Waals surface area contributed by atoms with Crippen molar-refractivity contribution < 1.29 is 13.9 Å². The van der Waals surface area contributed by atoms with Crippen molar-refractivity contribution in [2.45, 2.75) is 38.1 Å². The van der Waals surface area contributed by atoms with Gasteiger partial charge >= 0.3 is 0 Å². The van der Waals surface area contributed by atoms with Gasteiger partial charge in [-0.15, -0.1) is 11.3 Å². The van der Waals surface area contributed by atoms with Crippen LogP contribution in [0.5, 0.6) is 0 Å². The first-order valence-corrected chi connectivity index (χ1v) is 10.1. The third kappa shape index (κ3) is 4.19. The van der Waals surface area contributed by atoms with Crippen LogP contribution in [0.2, 0.25) is 0 Å². The number of alkyl halides is 1. The van der Waals surface area contributed by atoms with Crippen LogP contribution in [0, 0.1) is 6.92 Å². The lowest BCUT2D eigenvalue weighted by molar-refractivity contribution is 0.0267. The van der Waals surface area contributed by atoms with Crippen molar-refractivity contribution in [1.29, 1.82) is 0 Å². The van der Waals surface area contributed by atoms with E-state index in [1.165, 1.54) is 17.5 Å². The molecule has 0 aliphatic carbocycles. The molecule has 1 amide bonds. The number of carbonyl (C=O) groups is 1. The van der Waals surface area contributed by atoms with Crippen molar-refractivity contribution in [2.24, 2.45) is 5.73 Å². The lowest BCUT2D eigenvalue weighted by atomic mass is 10.0. The quantitative estimate of drug-likeness (QED) is 0.602. The van der Waals surface area contributed by atoms with Crippen LogP contribution in [0.1, 0.15) is 40.7 Å². The Morgan fingerprint density at radius 2 is 2.31 bits per heavy atom. The Labute approximate surface area is 170 Å². The topological polar surface area (TPSA) is 119 Å². The van der Waals surface area contributed by atoms with E-state index in [9.17, 15) is 9.18 Å². The molecule has 1 fully saturated rings. The summed E-state index contributed by atoms with van der Waals surface area (Å²) in [5.41, 5.74) is 8.89. The third-order valence-electron chi connectivity index (χ3n) is 4.87. The van der Waals surface area contributed by atoms with Crippen LogP contribution in [-0.4, -0.2) is 44.9 Å². The minimum atomic E-state index is -1.20. The van der Waals surface area contributed by atoms with Gasteiger partial charge in [-0.3, -0.25) is 14.9 Å². The highest BCUT2D eigenvalue weighted by Gasteiger charge is 2.29. The molecule has 3 aromatic heterocycles. The number of nitrogens with two attached hydrogens (primary N) is 1. The first-order chi connectivity index (χ1) is 14.0. The molecule has 1 saturated heterocycles. The average Bonchev–Trinajstić information content (AvgIpc) is 3.34. The van der Waals surface area contributed by atoms with Crippen LogP contribution in [0.15, 0.2) is 29.9 Å². The second-order valence-corrected chi connectivity index (χ2v) is 7.80. The number of halogens is 1. The zero-order chi connectivity index (χ0) is 20.4. The molecular formula is C19H21FN6O2S. The maximum atomic E-state index is 13.8. The summed E-state index contributed by atoms with van der Waals surface area (Å²) >= 11 is 1.36. The van der Waals surface area contributed by atoms with E-state index in [-0.39, 0.29) is 18.2 Å². The number of amides is 1. The number of aryl methyl sites for hydroxylation is 1. The molecule has 0 bridgehead atoms. The van der Waals surface area contributed by atoms with Gasteiger partial charge in [-0.1, -0.05) is 6.07 Å². The van der Waals surface area contributed by atoms with Gasteiger partial charge in [-0.05, 0) is 31.4 Å². The summed E-state index contributed by atoms with van der Waals surface area (Å²) in [6.45, 7) is 1.86. The maximum Gasteiger partial charge on any atom is 0.275 e. The highest BCUT2D eigenvalue weighted by Crippen LogP contribution is 2.31. The van der Waals surface area contributed by atoms with Crippen LogP contribution in [0.3, 0.4) is 0 Å². The fourth-order valence-electron chi connectivity index (χ4n) is 3.19. The number of hydrogen-bond donors (Lipinski definition) is 3. The molecule has 8 nitrogen and oxygen atoms in total. The lowest BCUT2D eigenvalue weighted by Gasteiger charge is -2.15. The molecule has 3 aromatic rings. The molecule has 0 unspecified atom stereocenters. The predicted molar refractivity (Wildman–Crippen MR) is 107 cm³/mol. The number of aromatic nitrogens is 4. The summed E-state index contributed by atoms with van der Waals surface area (Å²) in [6, 6.07) is 3.25. The maximum absolute atomic E-state index is 13.8. The van der Waals surface area contributed by atoms with Gasteiger partial charge in [-0.2, -0.15) is 5.10 Å². The van der Waals surface area contributed by atoms with Crippen LogP contribution in [-0.2, 0) is 4.74 Å². The van der Waals surface area contributed by atoms with E-state index in [1.807, 2.05) is 19.1 Å². The molecule has 0 aromatic carbocycles. The molecular weight excluding hydrogens is 395 g/mol. The molecule has 152 valence electrons. The first-order valence-electron chi connectivity index (χ1n) is 9.26. The molecule has 0 spiro atoms. The number of thiazole rings is 1. The second-order valence-electron chi connectivity index (χ2n) is 6.94. The predicted octanol–water partition coefficient (Wildman–Crippen LogP) is 3.01. The molecule has 1 aliphatic heterocycles. The van der Waals surface area contributed by atoms with Gasteiger partial charge in [0.1, 0.15) is 28.7 Å². The van der Waals surface area contributed by atoms with Gasteiger partial charge < -0.3 is 15.8 Å². The molecule has 0 saturated carbocycles. The van der Waals surface area contributed by atoms with Crippen molar-refractivity contribution in [2.75, 3.05) is 11.9 Å².